The van der Waals surface area contributed by atoms with Crippen molar-refractivity contribution in [3.05, 3.63) is 17.5 Å². The van der Waals surface area contributed by atoms with Gasteiger partial charge in [-0.3, -0.25) is 4.98 Å². The maximum atomic E-state index is 11.8. The van der Waals surface area contributed by atoms with Crippen LogP contribution in [0.5, 0.6) is 0 Å². The summed E-state index contributed by atoms with van der Waals surface area (Å²) in [7, 11) is 0. The van der Waals surface area contributed by atoms with Crippen LogP contribution in [0, 0.1) is 0 Å². The fourth-order valence-electron chi connectivity index (χ4n) is 0.743. The van der Waals surface area contributed by atoms with E-state index in [1.165, 1.54) is 12.4 Å². The minimum atomic E-state index is -4.33. The van der Waals surface area contributed by atoms with Gasteiger partial charge in [-0.1, -0.05) is 11.6 Å². The van der Waals surface area contributed by atoms with Crippen molar-refractivity contribution in [2.75, 3.05) is 11.9 Å². The summed E-state index contributed by atoms with van der Waals surface area (Å²) in [6, 6.07) is 0. The molecule has 2 N–H and O–H groups in total. The molecule has 0 saturated heterocycles. The van der Waals surface area contributed by atoms with Gasteiger partial charge in [0.1, 0.15) is 11.7 Å². The second-order valence-corrected chi connectivity index (χ2v) is 3.45. The summed E-state index contributed by atoms with van der Waals surface area (Å²) in [5, 5.41) is 4.31. The van der Waals surface area contributed by atoms with E-state index in [0.29, 0.717) is 0 Å². The lowest BCUT2D eigenvalue weighted by molar-refractivity contribution is -0.121. The Morgan fingerprint density at radius 2 is 2.12 bits per heavy atom. The zero-order valence-corrected chi connectivity index (χ0v) is 9.25. The summed E-state index contributed by atoms with van der Waals surface area (Å²) in [5.41, 5.74) is 0. The molecule has 0 saturated carbocycles. The summed E-state index contributed by atoms with van der Waals surface area (Å²) in [6.07, 6.45) is -1.75. The van der Waals surface area contributed by atoms with Gasteiger partial charge in [0.05, 0.1) is 12.4 Å². The number of hydrogen-bond acceptors (Lipinski definition) is 3. The Morgan fingerprint density at radius 1 is 1.44 bits per heavy atom. The van der Waals surface area contributed by atoms with Gasteiger partial charge in [0.15, 0.2) is 10.9 Å². The zero-order valence-electron chi connectivity index (χ0n) is 7.68. The number of aromatic nitrogens is 2. The molecule has 1 aromatic rings. The molecule has 88 valence electrons. The standard InChI is InChI=1S/C7H6ClF3N4S/c8-4-1-12-2-5(14-4)15-6(16)13-3-7(9,10)11/h1-2H,3H2,(H2,13,14,15,16). The van der Waals surface area contributed by atoms with Crippen LogP contribution in [0.15, 0.2) is 12.4 Å². The first-order chi connectivity index (χ1) is 7.37. The first-order valence-corrected chi connectivity index (χ1v) is 4.74. The van der Waals surface area contributed by atoms with Crippen molar-refractivity contribution >= 4 is 34.7 Å². The SMILES string of the molecule is FC(F)(F)CNC(=S)Nc1cncc(Cl)n1. The maximum absolute atomic E-state index is 11.8. The molecule has 0 spiro atoms. The lowest BCUT2D eigenvalue weighted by atomic mass is 10.6. The molecule has 0 amide bonds. The maximum Gasteiger partial charge on any atom is 0.405 e. The molecule has 1 heterocycles. The average molecular weight is 271 g/mol. The first kappa shape index (κ1) is 12.9. The van der Waals surface area contributed by atoms with Gasteiger partial charge in [0, 0.05) is 0 Å². The number of anilines is 1. The van der Waals surface area contributed by atoms with E-state index < -0.39 is 12.7 Å². The van der Waals surface area contributed by atoms with Crippen LogP contribution in [0.25, 0.3) is 0 Å². The van der Waals surface area contributed by atoms with E-state index in [1.807, 2.05) is 5.32 Å². The normalized spacial score (nSPS) is 11.0. The molecule has 9 heteroatoms. The van der Waals surface area contributed by atoms with E-state index in [0.717, 1.165) is 0 Å². The molecule has 0 atom stereocenters. The second kappa shape index (κ2) is 5.26. The van der Waals surface area contributed by atoms with Crippen molar-refractivity contribution in [1.29, 1.82) is 0 Å². The number of halogens is 4. The molecule has 0 radical (unpaired) electrons. The first-order valence-electron chi connectivity index (χ1n) is 3.96. The quantitative estimate of drug-likeness (QED) is 0.805. The highest BCUT2D eigenvalue weighted by Gasteiger charge is 2.26. The Balaban J connectivity index is 2.46. The van der Waals surface area contributed by atoms with Gasteiger partial charge in [-0.05, 0) is 12.2 Å². The Morgan fingerprint density at radius 3 is 2.69 bits per heavy atom. The van der Waals surface area contributed by atoms with E-state index >= 15 is 0 Å². The highest BCUT2D eigenvalue weighted by molar-refractivity contribution is 7.80. The Kier molecular flexibility index (Phi) is 4.25. The van der Waals surface area contributed by atoms with Gasteiger partial charge in [0.25, 0.3) is 0 Å². The molecule has 0 fully saturated rings. The summed E-state index contributed by atoms with van der Waals surface area (Å²) >= 11 is 10.1. The molecule has 0 aromatic carbocycles. The van der Waals surface area contributed by atoms with Gasteiger partial charge in [0.2, 0.25) is 0 Å². The summed E-state index contributed by atoms with van der Waals surface area (Å²) in [4.78, 5) is 7.42. The molecule has 0 bridgehead atoms. The third kappa shape index (κ3) is 5.08. The lowest BCUT2D eigenvalue weighted by Crippen LogP contribution is -2.36. The number of nitrogens with one attached hydrogen (secondary N) is 2. The second-order valence-electron chi connectivity index (χ2n) is 2.65. The van der Waals surface area contributed by atoms with Gasteiger partial charge in [-0.15, -0.1) is 0 Å². The fourth-order valence-corrected chi connectivity index (χ4v) is 1.07. The molecule has 4 nitrogen and oxygen atoms in total. The largest absolute Gasteiger partial charge is 0.405 e. The van der Waals surface area contributed by atoms with Crippen LogP contribution < -0.4 is 10.6 Å². The van der Waals surface area contributed by atoms with Gasteiger partial charge >= 0.3 is 6.18 Å². The summed E-state index contributed by atoms with van der Waals surface area (Å²) in [6.45, 7) is -1.22. The molecule has 16 heavy (non-hydrogen) atoms. The number of hydrogen-bond donors (Lipinski definition) is 2. The van der Waals surface area contributed by atoms with Gasteiger partial charge < -0.3 is 10.6 Å². The van der Waals surface area contributed by atoms with Crippen LogP contribution in [0.2, 0.25) is 5.15 Å². The van der Waals surface area contributed by atoms with Crippen molar-refractivity contribution < 1.29 is 13.2 Å². The third-order valence-corrected chi connectivity index (χ3v) is 1.72. The molecular formula is C7H6ClF3N4S. The topological polar surface area (TPSA) is 49.8 Å². The van der Waals surface area contributed by atoms with Crippen molar-refractivity contribution in [2.24, 2.45) is 0 Å². The zero-order chi connectivity index (χ0) is 12.2. The predicted octanol–water partition coefficient (Wildman–Crippen LogP) is 1.98. The molecule has 0 aliphatic rings. The molecular weight excluding hydrogens is 265 g/mol. The van der Waals surface area contributed by atoms with E-state index in [4.69, 9.17) is 11.6 Å². The van der Waals surface area contributed by atoms with Crippen LogP contribution in [-0.4, -0.2) is 27.8 Å². The van der Waals surface area contributed by atoms with Gasteiger partial charge in [-0.25, -0.2) is 4.98 Å². The Bertz CT molecular complexity index is 384. The number of alkyl halides is 3. The Labute approximate surface area is 99.2 Å². The van der Waals surface area contributed by atoms with Crippen molar-refractivity contribution in [3.63, 3.8) is 0 Å². The highest BCUT2D eigenvalue weighted by atomic mass is 35.5. The molecule has 0 aliphatic carbocycles. The van der Waals surface area contributed by atoms with Crippen LogP contribution in [0.4, 0.5) is 19.0 Å². The minimum absolute atomic E-state index is 0.114. The van der Waals surface area contributed by atoms with Crippen LogP contribution in [0.1, 0.15) is 0 Å². The number of rotatable bonds is 2. The van der Waals surface area contributed by atoms with Crippen LogP contribution >= 0.6 is 23.8 Å². The van der Waals surface area contributed by atoms with Crippen molar-refractivity contribution in [1.82, 2.24) is 15.3 Å². The van der Waals surface area contributed by atoms with Crippen molar-refractivity contribution in [3.8, 4) is 0 Å². The van der Waals surface area contributed by atoms with E-state index in [-0.39, 0.29) is 16.1 Å². The molecule has 0 unspecified atom stereocenters. The fraction of sp³-hybridized carbons (Fsp3) is 0.286. The van der Waals surface area contributed by atoms with E-state index in [1.54, 1.807) is 0 Å². The predicted molar refractivity (Wildman–Crippen MR) is 57.3 cm³/mol. The smallest absolute Gasteiger partial charge is 0.353 e. The molecule has 1 rings (SSSR count). The lowest BCUT2D eigenvalue weighted by Gasteiger charge is -2.11. The monoisotopic (exact) mass is 270 g/mol. The third-order valence-electron chi connectivity index (χ3n) is 1.30. The highest BCUT2D eigenvalue weighted by Crippen LogP contribution is 2.12. The van der Waals surface area contributed by atoms with Crippen LogP contribution in [0.3, 0.4) is 0 Å². The minimum Gasteiger partial charge on any atom is -0.353 e. The number of nitrogens with zero attached hydrogens (tertiary/aromatic N) is 2. The van der Waals surface area contributed by atoms with E-state index in [9.17, 15) is 13.2 Å². The Hall–Kier alpha value is -1.15. The molecule has 0 aliphatic heterocycles. The van der Waals surface area contributed by atoms with Crippen LogP contribution in [-0.2, 0) is 0 Å². The van der Waals surface area contributed by atoms with Crippen molar-refractivity contribution in [2.45, 2.75) is 6.18 Å². The van der Waals surface area contributed by atoms with Gasteiger partial charge in [-0.2, -0.15) is 13.2 Å². The molecule has 1 aromatic heterocycles. The summed E-state index contributed by atoms with van der Waals surface area (Å²) in [5.74, 6) is 0.173. The number of thiocarbonyl (C=S) groups is 1. The average Bonchev–Trinajstić information content (AvgIpc) is 2.14. The van der Waals surface area contributed by atoms with E-state index in [2.05, 4.69) is 27.5 Å². The summed E-state index contributed by atoms with van der Waals surface area (Å²) < 4.78 is 35.5.